The van der Waals surface area contributed by atoms with Gasteiger partial charge in [-0.3, -0.25) is 9.59 Å². The van der Waals surface area contributed by atoms with Crippen molar-refractivity contribution in [2.45, 2.75) is 26.7 Å². The number of piperidine rings is 1. The van der Waals surface area contributed by atoms with E-state index in [2.05, 4.69) is 22.5 Å². The summed E-state index contributed by atoms with van der Waals surface area (Å²) in [6.45, 7) is 6.91. The smallest absolute Gasteiger partial charge is 0.255 e. The Morgan fingerprint density at radius 2 is 1.80 bits per heavy atom. The number of benzene rings is 2. The first-order valence-electron chi connectivity index (χ1n) is 10.5. The molecule has 2 N–H and O–H groups in total. The molecule has 1 fully saturated rings. The SMILES string of the molecule is COCCNC(=O)c1cc(NC(=O)c2ccccc2C)ccc1N1CCC(C)CC1. The van der Waals surface area contributed by atoms with E-state index in [-0.39, 0.29) is 11.8 Å². The highest BCUT2D eigenvalue weighted by Gasteiger charge is 2.22. The zero-order chi connectivity index (χ0) is 21.5. The minimum atomic E-state index is -0.182. The van der Waals surface area contributed by atoms with Crippen molar-refractivity contribution in [1.29, 1.82) is 0 Å². The van der Waals surface area contributed by atoms with Crippen LogP contribution in [0.4, 0.5) is 11.4 Å². The van der Waals surface area contributed by atoms with Crippen LogP contribution in [0, 0.1) is 12.8 Å². The number of methoxy groups -OCH3 is 1. The fourth-order valence-corrected chi connectivity index (χ4v) is 3.71. The molecular weight excluding hydrogens is 378 g/mol. The number of hydrogen-bond donors (Lipinski definition) is 2. The Bertz CT molecular complexity index is 889. The van der Waals surface area contributed by atoms with Crippen LogP contribution >= 0.6 is 0 Å². The van der Waals surface area contributed by atoms with Crippen LogP contribution < -0.4 is 15.5 Å². The quantitative estimate of drug-likeness (QED) is 0.682. The van der Waals surface area contributed by atoms with E-state index in [0.29, 0.717) is 35.9 Å². The van der Waals surface area contributed by atoms with E-state index in [4.69, 9.17) is 4.74 Å². The summed E-state index contributed by atoms with van der Waals surface area (Å²) in [5, 5.41) is 5.84. The topological polar surface area (TPSA) is 70.7 Å². The summed E-state index contributed by atoms with van der Waals surface area (Å²) in [5.41, 5.74) is 3.62. The largest absolute Gasteiger partial charge is 0.383 e. The fraction of sp³-hybridized carbons (Fsp3) is 0.417. The molecule has 6 heteroatoms. The number of anilines is 2. The number of hydrogen-bond acceptors (Lipinski definition) is 4. The Balaban J connectivity index is 1.84. The van der Waals surface area contributed by atoms with E-state index in [1.807, 2.05) is 37.3 Å². The molecule has 3 rings (SSSR count). The van der Waals surface area contributed by atoms with Crippen molar-refractivity contribution >= 4 is 23.2 Å². The number of amides is 2. The average molecular weight is 410 g/mol. The summed E-state index contributed by atoms with van der Waals surface area (Å²) in [6, 6.07) is 13.0. The number of aryl methyl sites for hydroxylation is 1. The van der Waals surface area contributed by atoms with Crippen LogP contribution in [0.15, 0.2) is 42.5 Å². The normalized spacial score (nSPS) is 14.4. The molecule has 0 aliphatic carbocycles. The Morgan fingerprint density at radius 3 is 2.50 bits per heavy atom. The summed E-state index contributed by atoms with van der Waals surface area (Å²) >= 11 is 0. The maximum atomic E-state index is 12.9. The molecule has 0 bridgehead atoms. The zero-order valence-corrected chi connectivity index (χ0v) is 18.0. The molecule has 1 aliphatic rings. The molecular formula is C24H31N3O3. The molecule has 2 aromatic carbocycles. The standard InChI is InChI=1S/C24H31N3O3/c1-17-10-13-27(14-11-17)22-9-8-19(16-21(22)23(28)25-12-15-30-3)26-24(29)20-7-5-4-6-18(20)2/h4-9,16-17H,10-15H2,1-3H3,(H,25,28)(H,26,29). The Morgan fingerprint density at radius 1 is 1.07 bits per heavy atom. The van der Waals surface area contributed by atoms with Crippen molar-refractivity contribution in [3.05, 3.63) is 59.2 Å². The monoisotopic (exact) mass is 409 g/mol. The van der Waals surface area contributed by atoms with Gasteiger partial charge in [0, 0.05) is 43.7 Å². The number of rotatable bonds is 7. The van der Waals surface area contributed by atoms with E-state index in [9.17, 15) is 9.59 Å². The van der Waals surface area contributed by atoms with Crippen LogP contribution in [-0.4, -0.2) is 45.2 Å². The maximum Gasteiger partial charge on any atom is 0.255 e. The third kappa shape index (κ3) is 5.39. The molecule has 0 radical (unpaired) electrons. The number of nitrogens with zero attached hydrogens (tertiary/aromatic N) is 1. The number of carbonyl (C=O) groups excluding carboxylic acids is 2. The van der Waals surface area contributed by atoms with Crippen molar-refractivity contribution < 1.29 is 14.3 Å². The van der Waals surface area contributed by atoms with Gasteiger partial charge in [-0.1, -0.05) is 25.1 Å². The van der Waals surface area contributed by atoms with Gasteiger partial charge in [0.05, 0.1) is 12.2 Å². The van der Waals surface area contributed by atoms with Gasteiger partial charge in [-0.05, 0) is 55.5 Å². The molecule has 6 nitrogen and oxygen atoms in total. The zero-order valence-electron chi connectivity index (χ0n) is 18.0. The van der Waals surface area contributed by atoms with Gasteiger partial charge in [-0.2, -0.15) is 0 Å². The van der Waals surface area contributed by atoms with E-state index in [1.54, 1.807) is 19.2 Å². The second-order valence-corrected chi connectivity index (χ2v) is 7.92. The van der Waals surface area contributed by atoms with Crippen LogP contribution in [0.1, 0.15) is 46.0 Å². The van der Waals surface area contributed by atoms with Gasteiger partial charge in [-0.25, -0.2) is 0 Å². The van der Waals surface area contributed by atoms with E-state index in [1.165, 1.54) is 0 Å². The van der Waals surface area contributed by atoms with Gasteiger partial charge in [0.25, 0.3) is 11.8 Å². The summed E-state index contributed by atoms with van der Waals surface area (Å²) in [6.07, 6.45) is 2.22. The van der Waals surface area contributed by atoms with E-state index >= 15 is 0 Å². The van der Waals surface area contributed by atoms with Crippen molar-refractivity contribution in [2.24, 2.45) is 5.92 Å². The van der Waals surface area contributed by atoms with Gasteiger partial charge in [0.1, 0.15) is 0 Å². The Kier molecular flexibility index (Phi) is 7.46. The lowest BCUT2D eigenvalue weighted by Crippen LogP contribution is -2.35. The molecule has 160 valence electrons. The second-order valence-electron chi connectivity index (χ2n) is 7.92. The molecule has 1 aliphatic heterocycles. The summed E-state index contributed by atoms with van der Waals surface area (Å²) in [4.78, 5) is 27.9. The number of carbonyl (C=O) groups is 2. The van der Waals surface area contributed by atoms with Crippen LogP contribution in [-0.2, 0) is 4.74 Å². The molecule has 1 saturated heterocycles. The third-order valence-electron chi connectivity index (χ3n) is 5.60. The maximum absolute atomic E-state index is 12.9. The van der Waals surface area contributed by atoms with E-state index in [0.717, 1.165) is 37.2 Å². The summed E-state index contributed by atoms with van der Waals surface area (Å²) < 4.78 is 5.04. The lowest BCUT2D eigenvalue weighted by Gasteiger charge is -2.33. The highest BCUT2D eigenvalue weighted by molar-refractivity contribution is 6.07. The van der Waals surface area contributed by atoms with Gasteiger partial charge in [-0.15, -0.1) is 0 Å². The van der Waals surface area contributed by atoms with Gasteiger partial charge in [0.15, 0.2) is 0 Å². The summed E-state index contributed by atoms with van der Waals surface area (Å²) in [5.74, 6) is 0.360. The van der Waals surface area contributed by atoms with Gasteiger partial charge in [0.2, 0.25) is 0 Å². The van der Waals surface area contributed by atoms with Gasteiger partial charge >= 0.3 is 0 Å². The predicted octanol–water partition coefficient (Wildman–Crippen LogP) is 3.86. The van der Waals surface area contributed by atoms with Crippen LogP contribution in [0.5, 0.6) is 0 Å². The van der Waals surface area contributed by atoms with Crippen molar-refractivity contribution in [3.63, 3.8) is 0 Å². The Labute approximate surface area is 178 Å². The second kappa shape index (κ2) is 10.3. The first-order chi connectivity index (χ1) is 14.5. The van der Waals surface area contributed by atoms with Crippen LogP contribution in [0.25, 0.3) is 0 Å². The van der Waals surface area contributed by atoms with Gasteiger partial charge < -0.3 is 20.3 Å². The summed E-state index contributed by atoms with van der Waals surface area (Å²) in [7, 11) is 1.61. The first kappa shape index (κ1) is 21.8. The molecule has 2 aromatic rings. The van der Waals surface area contributed by atoms with E-state index < -0.39 is 0 Å². The fourth-order valence-electron chi connectivity index (χ4n) is 3.71. The number of nitrogens with one attached hydrogen (secondary N) is 2. The molecule has 0 spiro atoms. The van der Waals surface area contributed by atoms with Crippen LogP contribution in [0.3, 0.4) is 0 Å². The average Bonchev–Trinajstić information content (AvgIpc) is 2.75. The highest BCUT2D eigenvalue weighted by atomic mass is 16.5. The van der Waals surface area contributed by atoms with Crippen molar-refractivity contribution in [1.82, 2.24) is 5.32 Å². The first-order valence-corrected chi connectivity index (χ1v) is 10.5. The molecule has 2 amide bonds. The van der Waals surface area contributed by atoms with Crippen molar-refractivity contribution in [2.75, 3.05) is 43.6 Å². The minimum Gasteiger partial charge on any atom is -0.383 e. The molecule has 0 aromatic heterocycles. The highest BCUT2D eigenvalue weighted by Crippen LogP contribution is 2.29. The molecule has 0 unspecified atom stereocenters. The van der Waals surface area contributed by atoms with Crippen molar-refractivity contribution in [3.8, 4) is 0 Å². The minimum absolute atomic E-state index is 0.160. The molecule has 0 atom stereocenters. The Hall–Kier alpha value is -2.86. The molecule has 1 heterocycles. The molecule has 30 heavy (non-hydrogen) atoms. The van der Waals surface area contributed by atoms with Crippen LogP contribution in [0.2, 0.25) is 0 Å². The third-order valence-corrected chi connectivity index (χ3v) is 5.60. The number of ether oxygens (including phenoxy) is 1. The lowest BCUT2D eigenvalue weighted by molar-refractivity contribution is 0.0936. The predicted molar refractivity (Wildman–Crippen MR) is 120 cm³/mol. The lowest BCUT2D eigenvalue weighted by atomic mass is 9.97. The molecule has 0 saturated carbocycles.